The van der Waals surface area contributed by atoms with Crippen LogP contribution in [-0.4, -0.2) is 94.7 Å². The SMILES string of the molecule is CCc1c(F)ccc2cc(O)cc(-c3nc4c5c(nc(OCC6(CN7C[C@H]8C[C@@H]7CO8)CC6)nc5c3F)N3C[C@H]5CC[C@H](N5)[C@@H]3CO4)c12. The van der Waals surface area contributed by atoms with E-state index < -0.39 is 11.6 Å². The Kier molecular flexibility index (Phi) is 6.40. The van der Waals surface area contributed by atoms with Gasteiger partial charge in [-0.05, 0) is 73.1 Å². The van der Waals surface area contributed by atoms with Crippen molar-refractivity contribution < 1.29 is 28.1 Å². The van der Waals surface area contributed by atoms with Crippen LogP contribution in [0.4, 0.5) is 14.6 Å². The third kappa shape index (κ3) is 4.48. The zero-order chi connectivity index (χ0) is 32.3. The van der Waals surface area contributed by atoms with Gasteiger partial charge in [0.2, 0.25) is 5.88 Å². The number of rotatable bonds is 7. The lowest BCUT2D eigenvalue weighted by Crippen LogP contribution is -2.60. The molecule has 5 fully saturated rings. The standard InChI is InChI=1S/C36H38F2N6O4/c1-2-23-25(37)5-3-18-9-21(45)11-24(28(18)23)31-30(38)32-29-33(44-12-19-4-6-26(39-19)27(44)15-47-34(29)40-31)42-35(41-32)48-17-36(7-8-36)16-43-13-22-10-20(43)14-46-22/h3,5,9,11,19-20,22,26-27,39,45H,2,4,6-8,10,12-17H2,1H3/t19-,20-,22-,26+,27+/m1/s1. The highest BCUT2D eigenvalue weighted by Gasteiger charge is 2.50. The second kappa shape index (κ2) is 10.6. The maximum absolute atomic E-state index is 17.1. The van der Waals surface area contributed by atoms with Crippen LogP contribution in [0.15, 0.2) is 24.3 Å². The molecule has 2 aromatic carbocycles. The first-order chi connectivity index (χ1) is 23.4. The Labute approximate surface area is 276 Å². The lowest BCUT2D eigenvalue weighted by Gasteiger charge is -2.40. The van der Waals surface area contributed by atoms with E-state index in [4.69, 9.17) is 29.2 Å². The Morgan fingerprint density at radius 2 is 1.98 bits per heavy atom. The highest BCUT2D eigenvalue weighted by molar-refractivity contribution is 6.03. The van der Waals surface area contributed by atoms with Crippen LogP contribution >= 0.6 is 0 Å². The molecule has 2 N–H and O–H groups in total. The first-order valence-electron chi connectivity index (χ1n) is 17.4. The van der Waals surface area contributed by atoms with Gasteiger partial charge in [0.25, 0.3) is 0 Å². The van der Waals surface area contributed by atoms with Gasteiger partial charge in [0, 0.05) is 48.7 Å². The Balaban J connectivity index is 1.11. The minimum Gasteiger partial charge on any atom is -0.508 e. The number of morpholine rings is 1. The van der Waals surface area contributed by atoms with Gasteiger partial charge >= 0.3 is 6.01 Å². The molecule has 10 rings (SSSR count). The molecule has 1 saturated carbocycles. The molecule has 4 aromatic rings. The monoisotopic (exact) mass is 656 g/mol. The Morgan fingerprint density at radius 1 is 1.08 bits per heavy atom. The number of aryl methyl sites for hydroxylation is 1. The van der Waals surface area contributed by atoms with Crippen LogP contribution in [0.3, 0.4) is 0 Å². The number of halogens is 2. The molecule has 250 valence electrons. The topological polar surface area (TPSA) is 105 Å². The average molecular weight is 657 g/mol. The van der Waals surface area contributed by atoms with Crippen LogP contribution < -0.4 is 19.7 Å². The number of phenols is 1. The molecule has 2 aromatic heterocycles. The molecule has 5 aliphatic heterocycles. The van der Waals surface area contributed by atoms with Gasteiger partial charge in [0.05, 0.1) is 25.4 Å². The maximum atomic E-state index is 17.1. The van der Waals surface area contributed by atoms with Gasteiger partial charge in [0.1, 0.15) is 40.6 Å². The minimum atomic E-state index is -0.685. The van der Waals surface area contributed by atoms with E-state index in [2.05, 4.69) is 15.1 Å². The van der Waals surface area contributed by atoms with Crippen LogP contribution in [0.25, 0.3) is 32.9 Å². The van der Waals surface area contributed by atoms with E-state index in [9.17, 15) is 5.11 Å². The first-order valence-corrected chi connectivity index (χ1v) is 17.4. The van der Waals surface area contributed by atoms with Crippen molar-refractivity contribution in [2.75, 3.05) is 44.4 Å². The summed E-state index contributed by atoms with van der Waals surface area (Å²) in [6.07, 6.45) is 6.01. The second-order valence-electron chi connectivity index (χ2n) is 14.7. The molecule has 1 aliphatic carbocycles. The van der Waals surface area contributed by atoms with Gasteiger partial charge in [-0.2, -0.15) is 9.97 Å². The largest absolute Gasteiger partial charge is 0.508 e. The number of piperazine rings is 1. The molecule has 4 bridgehead atoms. The Hall–Kier alpha value is -3.87. The van der Waals surface area contributed by atoms with Crippen molar-refractivity contribution in [3.8, 4) is 28.9 Å². The average Bonchev–Trinajstić information content (AvgIpc) is 3.35. The van der Waals surface area contributed by atoms with Gasteiger partial charge in [0.15, 0.2) is 5.82 Å². The summed E-state index contributed by atoms with van der Waals surface area (Å²) in [7, 11) is 0. The summed E-state index contributed by atoms with van der Waals surface area (Å²) >= 11 is 0. The van der Waals surface area contributed by atoms with E-state index in [0.29, 0.717) is 71.9 Å². The van der Waals surface area contributed by atoms with E-state index in [1.807, 2.05) is 6.92 Å². The number of benzene rings is 2. The van der Waals surface area contributed by atoms with Gasteiger partial charge < -0.3 is 29.5 Å². The fraction of sp³-hybridized carbons (Fsp3) is 0.528. The van der Waals surface area contributed by atoms with Crippen molar-refractivity contribution in [2.45, 2.75) is 75.7 Å². The zero-order valence-corrected chi connectivity index (χ0v) is 26.8. The number of aromatic hydroxyl groups is 1. The third-order valence-corrected chi connectivity index (χ3v) is 11.7. The van der Waals surface area contributed by atoms with Gasteiger partial charge in [-0.25, -0.2) is 13.8 Å². The normalized spacial score (nSPS) is 28.1. The number of nitrogens with zero attached hydrogens (tertiary/aromatic N) is 5. The van der Waals surface area contributed by atoms with Crippen LogP contribution in [0.2, 0.25) is 0 Å². The van der Waals surface area contributed by atoms with Crippen molar-refractivity contribution in [1.29, 1.82) is 0 Å². The molecule has 0 unspecified atom stereocenters. The molecule has 0 radical (unpaired) electrons. The van der Waals surface area contributed by atoms with Crippen LogP contribution in [0.5, 0.6) is 17.6 Å². The molecule has 6 aliphatic rings. The van der Waals surface area contributed by atoms with E-state index in [1.165, 1.54) is 12.1 Å². The summed E-state index contributed by atoms with van der Waals surface area (Å²) in [5.41, 5.74) is 0.719. The van der Waals surface area contributed by atoms with Gasteiger partial charge in [-0.15, -0.1) is 0 Å². The number of aromatic nitrogens is 3. The lowest BCUT2D eigenvalue weighted by molar-refractivity contribution is 0.0176. The summed E-state index contributed by atoms with van der Waals surface area (Å²) in [6, 6.07) is 7.06. The van der Waals surface area contributed by atoms with Crippen molar-refractivity contribution in [1.82, 2.24) is 25.2 Å². The molecule has 48 heavy (non-hydrogen) atoms. The van der Waals surface area contributed by atoms with Crippen LogP contribution in [0, 0.1) is 17.0 Å². The first kappa shape index (κ1) is 29.1. The summed E-state index contributed by atoms with van der Waals surface area (Å²) in [5, 5.41) is 15.9. The maximum Gasteiger partial charge on any atom is 0.319 e. The fourth-order valence-corrected chi connectivity index (χ4v) is 9.04. The lowest BCUT2D eigenvalue weighted by atomic mass is 9.94. The minimum absolute atomic E-state index is 0.0188. The number of phenolic OH excluding ortho intramolecular Hbond substituents is 1. The van der Waals surface area contributed by atoms with Crippen LogP contribution in [0.1, 0.15) is 44.6 Å². The predicted molar refractivity (Wildman–Crippen MR) is 175 cm³/mol. The number of anilines is 1. The van der Waals surface area contributed by atoms with Crippen molar-refractivity contribution >= 4 is 27.5 Å². The smallest absolute Gasteiger partial charge is 0.319 e. The fourth-order valence-electron chi connectivity index (χ4n) is 9.04. The molecular formula is C36H38F2N6O4. The number of pyridine rings is 1. The van der Waals surface area contributed by atoms with E-state index in [0.717, 1.165) is 51.8 Å². The van der Waals surface area contributed by atoms with Gasteiger partial charge in [-0.3, -0.25) is 4.90 Å². The predicted octanol–water partition coefficient (Wildman–Crippen LogP) is 4.72. The van der Waals surface area contributed by atoms with Crippen molar-refractivity contribution in [2.24, 2.45) is 5.41 Å². The molecule has 5 atom stereocenters. The molecule has 7 heterocycles. The van der Waals surface area contributed by atoms with E-state index in [1.54, 1.807) is 12.1 Å². The zero-order valence-electron chi connectivity index (χ0n) is 26.8. The molecule has 4 saturated heterocycles. The number of fused-ring (bicyclic) bond motifs is 8. The Bertz CT molecular complexity index is 1990. The van der Waals surface area contributed by atoms with Crippen LogP contribution in [-0.2, 0) is 11.2 Å². The summed E-state index contributed by atoms with van der Waals surface area (Å²) in [4.78, 5) is 19.2. The third-order valence-electron chi connectivity index (χ3n) is 11.7. The number of ether oxygens (including phenoxy) is 3. The second-order valence-corrected chi connectivity index (χ2v) is 14.7. The number of nitrogens with one attached hydrogen (secondary N) is 1. The summed E-state index contributed by atoms with van der Waals surface area (Å²) < 4.78 is 50.9. The summed E-state index contributed by atoms with van der Waals surface area (Å²) in [5.74, 6) is -0.350. The van der Waals surface area contributed by atoms with E-state index in [-0.39, 0.29) is 51.9 Å². The summed E-state index contributed by atoms with van der Waals surface area (Å²) in [6.45, 7) is 6.06. The van der Waals surface area contributed by atoms with Crippen molar-refractivity contribution in [3.05, 3.63) is 41.5 Å². The highest BCUT2D eigenvalue weighted by atomic mass is 19.1. The molecule has 10 nitrogen and oxygen atoms in total. The van der Waals surface area contributed by atoms with Gasteiger partial charge in [-0.1, -0.05) is 13.0 Å². The molecular weight excluding hydrogens is 618 g/mol. The van der Waals surface area contributed by atoms with E-state index >= 15 is 8.78 Å². The molecule has 12 heteroatoms. The Morgan fingerprint density at radius 3 is 2.77 bits per heavy atom. The number of hydrogen-bond donors (Lipinski definition) is 2. The molecule has 0 spiro atoms. The highest BCUT2D eigenvalue weighted by Crippen LogP contribution is 2.49. The number of hydrogen-bond acceptors (Lipinski definition) is 10. The van der Waals surface area contributed by atoms with Crippen molar-refractivity contribution in [3.63, 3.8) is 0 Å². The number of likely N-dealkylation sites (tertiary alicyclic amines) is 1. The molecule has 0 amide bonds. The quantitative estimate of drug-likeness (QED) is 0.290.